The van der Waals surface area contributed by atoms with E-state index in [1.54, 1.807) is 0 Å². The van der Waals surface area contributed by atoms with Crippen molar-refractivity contribution in [1.82, 2.24) is 0 Å². The normalized spacial score (nSPS) is 8.87. The number of hydrogen-bond donors (Lipinski definition) is 2. The van der Waals surface area contributed by atoms with Crippen LogP contribution >= 0.6 is 49.7 Å². The van der Waals surface area contributed by atoms with Gasteiger partial charge in [-0.3, -0.25) is 0 Å². The Kier molecular flexibility index (Phi) is 11.6. The number of hydrogen-bond acceptors (Lipinski definition) is 2. The Morgan fingerprint density at radius 2 is 0.957 bits per heavy atom. The van der Waals surface area contributed by atoms with Gasteiger partial charge in [0.2, 0.25) is 0 Å². The molecule has 122 valence electrons. The van der Waals surface area contributed by atoms with Gasteiger partial charge in [-0.2, -0.15) is 0 Å². The third kappa shape index (κ3) is 8.20. The fourth-order valence-electron chi connectivity index (χ4n) is 1.52. The summed E-state index contributed by atoms with van der Waals surface area (Å²) in [5.41, 5.74) is 2.13. The van der Waals surface area contributed by atoms with Crippen LogP contribution in [-0.4, -0.2) is 39.8 Å². The molecule has 2 aromatic rings. The Bertz CT molecular complexity index is 552. The third-order valence-corrected chi connectivity index (χ3v) is 4.01. The van der Waals surface area contributed by atoms with E-state index in [0.717, 1.165) is 11.4 Å². The van der Waals surface area contributed by atoms with Gasteiger partial charge in [0.15, 0.2) is 0 Å². The molecule has 0 aromatic heterocycles. The molecule has 23 heavy (non-hydrogen) atoms. The average Bonchev–Trinajstić information content (AvgIpc) is 2.55. The van der Waals surface area contributed by atoms with E-state index in [2.05, 4.69) is 25.3 Å². The summed E-state index contributed by atoms with van der Waals surface area (Å²) in [6.07, 6.45) is 0. The second-order valence-corrected chi connectivity index (χ2v) is 6.58. The standard InChI is InChI=1S/2C8H9NS2.Se/c2*1-9(8(10)11)7-5-3-2-4-6-7;/h2*2-6H,1H3,(H,10,11);. The summed E-state index contributed by atoms with van der Waals surface area (Å²) < 4.78 is 1.16. The molecule has 0 saturated heterocycles. The van der Waals surface area contributed by atoms with Gasteiger partial charge in [0, 0.05) is 42.5 Å². The Morgan fingerprint density at radius 1 is 0.696 bits per heavy atom. The molecule has 0 fully saturated rings. The first-order valence-electron chi connectivity index (χ1n) is 6.47. The maximum atomic E-state index is 4.89. The largest absolute Gasteiger partial charge is 0.331 e. The zero-order valence-electron chi connectivity index (χ0n) is 12.8. The first-order chi connectivity index (χ1) is 10.4. The van der Waals surface area contributed by atoms with E-state index in [9.17, 15) is 0 Å². The molecule has 0 aliphatic rings. The van der Waals surface area contributed by atoms with Crippen LogP contribution in [0, 0.1) is 0 Å². The topological polar surface area (TPSA) is 6.48 Å². The minimum Gasteiger partial charge on any atom is -0.331 e. The first-order valence-corrected chi connectivity index (χ1v) is 8.18. The minimum absolute atomic E-state index is 0. The van der Waals surface area contributed by atoms with Crippen molar-refractivity contribution < 1.29 is 0 Å². The molecule has 0 aliphatic carbocycles. The van der Waals surface area contributed by atoms with Gasteiger partial charge in [0.1, 0.15) is 8.64 Å². The summed E-state index contributed by atoms with van der Waals surface area (Å²) in [5, 5.41) is 0. The van der Waals surface area contributed by atoms with Crippen LogP contribution < -0.4 is 9.80 Å². The van der Waals surface area contributed by atoms with Crippen LogP contribution in [0.5, 0.6) is 0 Å². The zero-order valence-corrected chi connectivity index (χ0v) is 17.9. The van der Waals surface area contributed by atoms with Crippen LogP contribution in [-0.2, 0) is 0 Å². The predicted octanol–water partition coefficient (Wildman–Crippen LogP) is 4.29. The molecule has 0 aliphatic heterocycles. The van der Waals surface area contributed by atoms with Crippen molar-refractivity contribution in [3.05, 3.63) is 60.7 Å². The number of para-hydroxylation sites is 2. The first kappa shape index (κ1) is 22.4. The van der Waals surface area contributed by atoms with E-state index < -0.39 is 0 Å². The van der Waals surface area contributed by atoms with Crippen molar-refractivity contribution in [2.75, 3.05) is 23.9 Å². The molecule has 2 aromatic carbocycles. The Balaban J connectivity index is 0.000000403. The van der Waals surface area contributed by atoms with Gasteiger partial charge in [-0.15, -0.1) is 25.3 Å². The fraction of sp³-hybridized carbons (Fsp3) is 0.125. The molecule has 0 atom stereocenters. The van der Waals surface area contributed by atoms with E-state index in [0.29, 0.717) is 8.64 Å². The van der Waals surface area contributed by atoms with Gasteiger partial charge in [0.25, 0.3) is 0 Å². The predicted molar refractivity (Wildman–Crippen MR) is 119 cm³/mol. The van der Waals surface area contributed by atoms with Crippen molar-refractivity contribution in [3.63, 3.8) is 0 Å². The van der Waals surface area contributed by atoms with Gasteiger partial charge in [-0.1, -0.05) is 60.8 Å². The van der Waals surface area contributed by atoms with Crippen LogP contribution in [0.4, 0.5) is 11.4 Å². The average molecular weight is 446 g/mol. The zero-order chi connectivity index (χ0) is 16.5. The molecular weight excluding hydrogens is 427 g/mol. The van der Waals surface area contributed by atoms with Gasteiger partial charge >= 0.3 is 0 Å². The van der Waals surface area contributed by atoms with Crippen molar-refractivity contribution in [2.24, 2.45) is 0 Å². The summed E-state index contributed by atoms with van der Waals surface area (Å²) in [4.78, 5) is 3.69. The second kappa shape index (κ2) is 11.9. The number of rotatable bonds is 2. The molecule has 0 amide bonds. The van der Waals surface area contributed by atoms with Crippen LogP contribution in [0.3, 0.4) is 0 Å². The molecule has 7 heteroatoms. The van der Waals surface area contributed by atoms with Crippen LogP contribution in [0.15, 0.2) is 60.7 Å². The summed E-state index contributed by atoms with van der Waals surface area (Å²) >= 11 is 17.9. The van der Waals surface area contributed by atoms with E-state index >= 15 is 0 Å². The van der Waals surface area contributed by atoms with E-state index in [4.69, 9.17) is 24.4 Å². The van der Waals surface area contributed by atoms with Crippen molar-refractivity contribution in [3.8, 4) is 0 Å². The molecule has 2 rings (SSSR count). The summed E-state index contributed by atoms with van der Waals surface area (Å²) in [6.45, 7) is 0. The molecule has 0 saturated carbocycles. The smallest absolute Gasteiger partial charge is 0.137 e. The monoisotopic (exact) mass is 446 g/mol. The Labute approximate surface area is 170 Å². The Hall–Kier alpha value is -0.561. The second-order valence-electron chi connectivity index (χ2n) is 4.35. The maximum absolute atomic E-state index is 4.89. The van der Waals surface area contributed by atoms with Crippen LogP contribution in [0.1, 0.15) is 0 Å². The van der Waals surface area contributed by atoms with Gasteiger partial charge < -0.3 is 9.80 Å². The van der Waals surface area contributed by atoms with Gasteiger partial charge in [-0.25, -0.2) is 0 Å². The van der Waals surface area contributed by atoms with Gasteiger partial charge in [0.05, 0.1) is 0 Å². The van der Waals surface area contributed by atoms with E-state index in [-0.39, 0.29) is 17.1 Å². The number of benzene rings is 2. The fourth-order valence-corrected chi connectivity index (χ4v) is 1.97. The molecule has 2 nitrogen and oxygen atoms in total. The molecule has 0 spiro atoms. The van der Waals surface area contributed by atoms with E-state index in [1.165, 1.54) is 0 Å². The summed E-state index contributed by atoms with van der Waals surface area (Å²) in [7, 11) is 3.79. The maximum Gasteiger partial charge on any atom is 0.137 e. The van der Waals surface area contributed by atoms with Crippen molar-refractivity contribution in [1.29, 1.82) is 0 Å². The molecule has 0 N–H and O–H groups in total. The summed E-state index contributed by atoms with van der Waals surface area (Å²) in [6, 6.07) is 19.8. The molecule has 0 unspecified atom stereocenters. The quantitative estimate of drug-likeness (QED) is 0.404. The number of thiocarbonyl (C=S) groups is 2. The molecule has 0 bridgehead atoms. The van der Waals surface area contributed by atoms with Crippen molar-refractivity contribution >= 4 is 86.8 Å². The van der Waals surface area contributed by atoms with Crippen molar-refractivity contribution in [2.45, 2.75) is 0 Å². The number of thiol groups is 2. The third-order valence-electron chi connectivity index (χ3n) is 2.86. The molecular formula is C16H18N2S4Se. The molecule has 2 radical (unpaired) electrons. The van der Waals surface area contributed by atoms with Gasteiger partial charge in [-0.05, 0) is 24.3 Å². The number of anilines is 2. The van der Waals surface area contributed by atoms with Crippen LogP contribution in [0.25, 0.3) is 0 Å². The SMILES string of the molecule is CN(C(=S)S)c1ccccc1.CN(C(=S)S)c1ccccc1.[Se]. The minimum atomic E-state index is 0. The number of nitrogens with zero attached hydrogens (tertiary/aromatic N) is 2. The molecule has 0 heterocycles. The van der Waals surface area contributed by atoms with Crippen LogP contribution in [0.2, 0.25) is 0 Å². The Morgan fingerprint density at radius 3 is 1.17 bits per heavy atom. The van der Waals surface area contributed by atoms with E-state index in [1.807, 2.05) is 84.6 Å². The summed E-state index contributed by atoms with van der Waals surface area (Å²) in [5.74, 6) is 0.